The molecule has 2 rings (SSSR count). The Kier molecular flexibility index (Phi) is 3.00. The van der Waals surface area contributed by atoms with Gasteiger partial charge in [-0.05, 0) is 0 Å². The molecule has 0 N–H and O–H groups in total. The van der Waals surface area contributed by atoms with Crippen molar-refractivity contribution < 1.29 is 17.6 Å². The summed E-state index contributed by atoms with van der Waals surface area (Å²) in [5.41, 5.74) is -0.0576. The second-order valence-corrected chi connectivity index (χ2v) is 3.57. The van der Waals surface area contributed by atoms with Crippen LogP contribution in [0.15, 0.2) is 22.9 Å². The summed E-state index contributed by atoms with van der Waals surface area (Å²) in [6.07, 6.45) is 1.08. The number of halogens is 4. The molecular formula is C10H5BrF3NO. The Bertz CT molecular complexity index is 504. The van der Waals surface area contributed by atoms with Crippen LogP contribution in [0.25, 0.3) is 11.3 Å². The van der Waals surface area contributed by atoms with E-state index in [1.54, 1.807) is 0 Å². The van der Waals surface area contributed by atoms with Gasteiger partial charge in [0.2, 0.25) is 0 Å². The predicted octanol–water partition coefficient (Wildman–Crippen LogP) is 3.65. The summed E-state index contributed by atoms with van der Waals surface area (Å²) in [6, 6.07) is 1.19. The molecule has 16 heavy (non-hydrogen) atoms. The van der Waals surface area contributed by atoms with Gasteiger partial charge in [-0.25, -0.2) is 18.2 Å². The van der Waals surface area contributed by atoms with Crippen molar-refractivity contribution in [3.63, 3.8) is 0 Å². The first kappa shape index (κ1) is 11.2. The Balaban J connectivity index is 2.64. The monoisotopic (exact) mass is 291 g/mol. The largest absolute Gasteiger partial charge is 0.443 e. The third-order valence-electron chi connectivity index (χ3n) is 2.00. The number of nitrogens with zero attached hydrogens (tertiary/aromatic N) is 1. The molecule has 0 amide bonds. The van der Waals surface area contributed by atoms with Crippen LogP contribution >= 0.6 is 15.9 Å². The molecule has 0 aliphatic rings. The molecular weight excluding hydrogens is 287 g/mol. The average Bonchev–Trinajstić information content (AvgIpc) is 2.64. The van der Waals surface area contributed by atoms with E-state index in [0.717, 1.165) is 6.39 Å². The Hall–Kier alpha value is -1.30. The van der Waals surface area contributed by atoms with E-state index in [-0.39, 0.29) is 11.1 Å². The van der Waals surface area contributed by atoms with Crippen LogP contribution in [0.4, 0.5) is 13.2 Å². The molecule has 0 bridgehead atoms. The summed E-state index contributed by atoms with van der Waals surface area (Å²) >= 11 is 3.11. The van der Waals surface area contributed by atoms with Gasteiger partial charge >= 0.3 is 0 Å². The number of hydrogen-bond acceptors (Lipinski definition) is 2. The number of rotatable bonds is 2. The molecule has 0 radical (unpaired) electrons. The zero-order chi connectivity index (χ0) is 11.7. The second-order valence-electron chi connectivity index (χ2n) is 3.01. The van der Waals surface area contributed by atoms with Gasteiger partial charge in [0.05, 0.1) is 11.3 Å². The number of aromatic nitrogens is 1. The van der Waals surface area contributed by atoms with Crippen LogP contribution in [-0.4, -0.2) is 4.98 Å². The highest BCUT2D eigenvalue weighted by atomic mass is 79.9. The molecule has 2 aromatic rings. The maximum atomic E-state index is 13.4. The summed E-state index contributed by atoms with van der Waals surface area (Å²) in [5.74, 6) is -3.04. The predicted molar refractivity (Wildman–Crippen MR) is 54.4 cm³/mol. The highest BCUT2D eigenvalue weighted by Crippen LogP contribution is 2.30. The van der Waals surface area contributed by atoms with Crippen molar-refractivity contribution in [2.24, 2.45) is 0 Å². The van der Waals surface area contributed by atoms with Crippen LogP contribution in [0, 0.1) is 17.5 Å². The molecule has 0 fully saturated rings. The summed E-state index contributed by atoms with van der Waals surface area (Å²) in [6.45, 7) is 0. The molecule has 0 aliphatic carbocycles. The van der Waals surface area contributed by atoms with Gasteiger partial charge in [0.25, 0.3) is 0 Å². The van der Waals surface area contributed by atoms with Crippen LogP contribution in [-0.2, 0) is 5.33 Å². The van der Waals surface area contributed by atoms with Crippen LogP contribution in [0.2, 0.25) is 0 Å². The van der Waals surface area contributed by atoms with Crippen LogP contribution in [0.5, 0.6) is 0 Å². The normalized spacial score (nSPS) is 10.8. The summed E-state index contributed by atoms with van der Waals surface area (Å²) in [5, 5.41) is 0.287. The van der Waals surface area contributed by atoms with Crippen LogP contribution < -0.4 is 0 Å². The van der Waals surface area contributed by atoms with Crippen LogP contribution in [0.3, 0.4) is 0 Å². The fourth-order valence-corrected chi connectivity index (χ4v) is 1.73. The summed E-state index contributed by atoms with van der Waals surface area (Å²) < 4.78 is 44.4. The van der Waals surface area contributed by atoms with Crippen molar-refractivity contribution in [2.45, 2.75) is 5.33 Å². The lowest BCUT2D eigenvalue weighted by molar-refractivity contribution is 0.526. The van der Waals surface area contributed by atoms with Crippen molar-refractivity contribution in [3.05, 3.63) is 41.7 Å². The first-order chi connectivity index (χ1) is 7.63. The van der Waals surface area contributed by atoms with Gasteiger partial charge in [0, 0.05) is 17.5 Å². The quantitative estimate of drug-likeness (QED) is 0.790. The lowest BCUT2D eigenvalue weighted by Crippen LogP contribution is -1.93. The zero-order valence-electron chi connectivity index (χ0n) is 7.81. The minimum absolute atomic E-state index is 0.0353. The second kappa shape index (κ2) is 4.29. The molecule has 6 heteroatoms. The minimum atomic E-state index is -1.02. The maximum Gasteiger partial charge on any atom is 0.181 e. The highest BCUT2D eigenvalue weighted by Gasteiger charge is 2.19. The fraction of sp³-hybridized carbons (Fsp3) is 0.100. The Morgan fingerprint density at radius 2 is 1.81 bits per heavy atom. The summed E-state index contributed by atoms with van der Waals surface area (Å²) in [4.78, 5) is 3.78. The molecule has 0 saturated heterocycles. The smallest absolute Gasteiger partial charge is 0.181 e. The van der Waals surface area contributed by atoms with E-state index in [4.69, 9.17) is 4.42 Å². The van der Waals surface area contributed by atoms with Crippen molar-refractivity contribution in [1.29, 1.82) is 0 Å². The minimum Gasteiger partial charge on any atom is -0.443 e. The van der Waals surface area contributed by atoms with Gasteiger partial charge < -0.3 is 4.42 Å². The van der Waals surface area contributed by atoms with Crippen molar-refractivity contribution in [3.8, 4) is 11.3 Å². The lowest BCUT2D eigenvalue weighted by atomic mass is 10.1. The van der Waals surface area contributed by atoms with Gasteiger partial charge in [-0.1, -0.05) is 15.9 Å². The summed E-state index contributed by atoms with van der Waals surface area (Å²) in [7, 11) is 0. The number of alkyl halides is 1. The molecule has 1 heterocycles. The topological polar surface area (TPSA) is 26.0 Å². The third-order valence-corrected chi connectivity index (χ3v) is 2.53. The van der Waals surface area contributed by atoms with Crippen molar-refractivity contribution in [1.82, 2.24) is 4.98 Å². The first-order valence-electron chi connectivity index (χ1n) is 4.26. The Labute approximate surface area is 97.2 Å². The van der Waals surface area contributed by atoms with Gasteiger partial charge in [-0.15, -0.1) is 0 Å². The van der Waals surface area contributed by atoms with Gasteiger partial charge in [-0.2, -0.15) is 0 Å². The molecule has 0 aliphatic heterocycles. The van der Waals surface area contributed by atoms with Gasteiger partial charge in [0.15, 0.2) is 12.2 Å². The van der Waals surface area contributed by atoms with E-state index in [1.807, 2.05) is 0 Å². The van der Waals surface area contributed by atoms with Gasteiger partial charge in [-0.3, -0.25) is 0 Å². The van der Waals surface area contributed by atoms with E-state index in [0.29, 0.717) is 17.8 Å². The lowest BCUT2D eigenvalue weighted by Gasteiger charge is -2.03. The molecule has 0 saturated carbocycles. The molecule has 84 valence electrons. The van der Waals surface area contributed by atoms with Gasteiger partial charge in [0.1, 0.15) is 17.5 Å². The van der Waals surface area contributed by atoms with Crippen LogP contribution in [0.1, 0.15) is 5.69 Å². The van der Waals surface area contributed by atoms with E-state index in [1.165, 1.54) is 0 Å². The van der Waals surface area contributed by atoms with E-state index in [2.05, 4.69) is 20.9 Å². The molecule has 0 unspecified atom stereocenters. The molecule has 1 aromatic heterocycles. The molecule has 0 atom stereocenters. The fourth-order valence-electron chi connectivity index (χ4n) is 1.33. The Morgan fingerprint density at radius 3 is 2.38 bits per heavy atom. The SMILES string of the molecule is Fc1cc(F)c(-c2ocnc2CBr)c(F)c1. The molecule has 2 nitrogen and oxygen atoms in total. The molecule has 0 spiro atoms. The zero-order valence-corrected chi connectivity index (χ0v) is 9.39. The molecule has 1 aromatic carbocycles. The average molecular weight is 292 g/mol. The maximum absolute atomic E-state index is 13.4. The van der Waals surface area contributed by atoms with E-state index < -0.39 is 23.0 Å². The third kappa shape index (κ3) is 1.84. The first-order valence-corrected chi connectivity index (χ1v) is 5.39. The standard InChI is InChI=1S/C10H5BrF3NO/c11-3-8-10(16-4-15-8)9-6(13)1-5(12)2-7(9)14/h1-2,4H,3H2. The number of benzene rings is 1. The highest BCUT2D eigenvalue weighted by molar-refractivity contribution is 9.08. The number of hydrogen-bond donors (Lipinski definition) is 0. The Morgan fingerprint density at radius 1 is 1.19 bits per heavy atom. The van der Waals surface area contributed by atoms with E-state index >= 15 is 0 Å². The number of oxazole rings is 1. The van der Waals surface area contributed by atoms with Crippen molar-refractivity contribution >= 4 is 15.9 Å². The van der Waals surface area contributed by atoms with Crippen molar-refractivity contribution in [2.75, 3.05) is 0 Å². The van der Waals surface area contributed by atoms with E-state index in [9.17, 15) is 13.2 Å².